The zero-order valence-corrected chi connectivity index (χ0v) is 17.3. The molecule has 1 fully saturated rings. The number of benzene rings is 1. The fourth-order valence-corrected chi connectivity index (χ4v) is 5.14. The third-order valence-corrected chi connectivity index (χ3v) is 6.71. The molecule has 9 heteroatoms. The summed E-state index contributed by atoms with van der Waals surface area (Å²) in [5.74, 6) is 0.223. The Hall–Kier alpha value is -3.09. The molecule has 1 N–H and O–H groups in total. The first-order valence-electron chi connectivity index (χ1n) is 9.73. The standard InChI is InChI=1S/C21H21N5O3S/c1-14-5-6-15-3-2-4-19(20(15)25-14)30(27,28)26-16-7-9-17(10-8-16)29-21-18(13-22)23-11-12-24-21/h2-6,11-12,16-17,26H,7-10H2,1H3. The van der Waals surface area contributed by atoms with Crippen LogP contribution in [0.15, 0.2) is 47.6 Å². The smallest absolute Gasteiger partial charge is 0.251 e. The predicted octanol–water partition coefficient (Wildman–Crippen LogP) is 2.87. The average Bonchev–Trinajstić information content (AvgIpc) is 2.75. The Labute approximate surface area is 175 Å². The number of para-hydroxylation sites is 1. The fourth-order valence-electron chi connectivity index (χ4n) is 3.66. The Kier molecular flexibility index (Phi) is 5.61. The number of hydrogen-bond acceptors (Lipinski definition) is 7. The van der Waals surface area contributed by atoms with Crippen LogP contribution in [0, 0.1) is 18.3 Å². The average molecular weight is 423 g/mol. The summed E-state index contributed by atoms with van der Waals surface area (Å²) < 4.78 is 34.7. The first-order valence-corrected chi connectivity index (χ1v) is 11.2. The van der Waals surface area contributed by atoms with Crippen LogP contribution in [-0.4, -0.2) is 35.5 Å². The molecule has 0 atom stereocenters. The molecule has 0 unspecified atom stereocenters. The highest BCUT2D eigenvalue weighted by molar-refractivity contribution is 7.89. The van der Waals surface area contributed by atoms with Crippen LogP contribution in [0.4, 0.5) is 0 Å². The van der Waals surface area contributed by atoms with Crippen molar-refractivity contribution in [3.05, 3.63) is 54.1 Å². The summed E-state index contributed by atoms with van der Waals surface area (Å²) in [7, 11) is -3.71. The number of sulfonamides is 1. The molecule has 0 bridgehead atoms. The quantitative estimate of drug-likeness (QED) is 0.670. The Bertz CT molecular complexity index is 1210. The largest absolute Gasteiger partial charge is 0.472 e. The summed E-state index contributed by atoms with van der Waals surface area (Å²) in [6.07, 6.45) is 5.36. The molecule has 154 valence electrons. The highest BCUT2D eigenvalue weighted by Crippen LogP contribution is 2.27. The lowest BCUT2D eigenvalue weighted by molar-refractivity contribution is 0.137. The van der Waals surface area contributed by atoms with E-state index in [1.165, 1.54) is 12.4 Å². The van der Waals surface area contributed by atoms with Gasteiger partial charge in [0.1, 0.15) is 17.1 Å². The van der Waals surface area contributed by atoms with E-state index in [1.807, 2.05) is 31.2 Å². The van der Waals surface area contributed by atoms with Crippen molar-refractivity contribution in [3.8, 4) is 11.9 Å². The third kappa shape index (κ3) is 4.25. The van der Waals surface area contributed by atoms with E-state index in [4.69, 9.17) is 10.00 Å². The molecule has 0 aliphatic heterocycles. The van der Waals surface area contributed by atoms with Crippen LogP contribution in [0.2, 0.25) is 0 Å². The van der Waals surface area contributed by atoms with Crippen LogP contribution in [0.5, 0.6) is 5.88 Å². The summed E-state index contributed by atoms with van der Waals surface area (Å²) in [4.78, 5) is 12.6. The molecule has 30 heavy (non-hydrogen) atoms. The lowest BCUT2D eigenvalue weighted by Crippen LogP contribution is -2.39. The van der Waals surface area contributed by atoms with Crippen molar-refractivity contribution >= 4 is 20.9 Å². The zero-order chi connectivity index (χ0) is 21.1. The minimum absolute atomic E-state index is 0.128. The summed E-state index contributed by atoms with van der Waals surface area (Å²) in [6, 6.07) is 10.7. The topological polar surface area (TPSA) is 118 Å². The number of nitrogens with one attached hydrogen (secondary N) is 1. The molecule has 0 radical (unpaired) electrons. The van der Waals surface area contributed by atoms with E-state index in [1.54, 1.807) is 12.1 Å². The Balaban J connectivity index is 1.44. The number of rotatable bonds is 5. The first kappa shape index (κ1) is 20.2. The predicted molar refractivity (Wildman–Crippen MR) is 110 cm³/mol. The Morgan fingerprint density at radius 2 is 1.87 bits per heavy atom. The van der Waals surface area contributed by atoms with E-state index in [9.17, 15) is 8.42 Å². The second-order valence-electron chi connectivity index (χ2n) is 7.32. The molecule has 1 saturated carbocycles. The maximum absolute atomic E-state index is 13.0. The van der Waals surface area contributed by atoms with E-state index >= 15 is 0 Å². The van der Waals surface area contributed by atoms with Crippen molar-refractivity contribution in [2.75, 3.05) is 0 Å². The van der Waals surface area contributed by atoms with Gasteiger partial charge in [0.2, 0.25) is 15.7 Å². The van der Waals surface area contributed by atoms with Gasteiger partial charge in [-0.25, -0.2) is 23.1 Å². The molecule has 1 aliphatic rings. The summed E-state index contributed by atoms with van der Waals surface area (Å²) in [6.45, 7) is 1.84. The van der Waals surface area contributed by atoms with Crippen LogP contribution in [-0.2, 0) is 10.0 Å². The van der Waals surface area contributed by atoms with Crippen molar-refractivity contribution in [2.24, 2.45) is 0 Å². The minimum Gasteiger partial charge on any atom is -0.472 e. The van der Waals surface area contributed by atoms with Crippen molar-refractivity contribution in [2.45, 2.75) is 49.6 Å². The highest BCUT2D eigenvalue weighted by atomic mass is 32.2. The number of aromatic nitrogens is 3. The minimum atomic E-state index is -3.71. The molecule has 3 aromatic rings. The van der Waals surface area contributed by atoms with Gasteiger partial charge in [-0.2, -0.15) is 5.26 Å². The van der Waals surface area contributed by atoms with Gasteiger partial charge in [0, 0.05) is 29.5 Å². The van der Waals surface area contributed by atoms with Gasteiger partial charge in [0.05, 0.1) is 5.52 Å². The molecular formula is C21H21N5O3S. The normalized spacial score (nSPS) is 19.3. The van der Waals surface area contributed by atoms with Gasteiger partial charge >= 0.3 is 0 Å². The van der Waals surface area contributed by atoms with E-state index < -0.39 is 10.0 Å². The van der Waals surface area contributed by atoms with Crippen LogP contribution in [0.25, 0.3) is 10.9 Å². The molecule has 0 saturated heterocycles. The SMILES string of the molecule is Cc1ccc2cccc(S(=O)(=O)NC3CCC(Oc4nccnc4C#N)CC3)c2n1. The lowest BCUT2D eigenvalue weighted by Gasteiger charge is -2.29. The van der Waals surface area contributed by atoms with Crippen molar-refractivity contribution in [3.63, 3.8) is 0 Å². The number of fused-ring (bicyclic) bond motifs is 1. The van der Waals surface area contributed by atoms with Gasteiger partial charge in [-0.3, -0.25) is 4.98 Å². The maximum Gasteiger partial charge on any atom is 0.251 e. The molecule has 1 aromatic carbocycles. The number of pyridine rings is 1. The molecule has 1 aliphatic carbocycles. The molecule has 4 rings (SSSR count). The molecule has 8 nitrogen and oxygen atoms in total. The van der Waals surface area contributed by atoms with E-state index in [0.29, 0.717) is 31.2 Å². The van der Waals surface area contributed by atoms with Crippen LogP contribution < -0.4 is 9.46 Å². The maximum atomic E-state index is 13.0. The van der Waals surface area contributed by atoms with Crippen LogP contribution in [0.1, 0.15) is 37.1 Å². The zero-order valence-electron chi connectivity index (χ0n) is 16.4. The molecule has 0 amide bonds. The molecule has 0 spiro atoms. The molecular weight excluding hydrogens is 402 g/mol. The Morgan fingerprint density at radius 1 is 1.10 bits per heavy atom. The van der Waals surface area contributed by atoms with Gasteiger partial charge in [0.15, 0.2) is 0 Å². The monoisotopic (exact) mass is 423 g/mol. The lowest BCUT2D eigenvalue weighted by atomic mass is 9.94. The van der Waals surface area contributed by atoms with Crippen molar-refractivity contribution in [1.82, 2.24) is 19.7 Å². The molecule has 2 aromatic heterocycles. The summed E-state index contributed by atoms with van der Waals surface area (Å²) in [5.41, 5.74) is 1.40. The number of aryl methyl sites for hydroxylation is 1. The number of hydrogen-bond donors (Lipinski definition) is 1. The fraction of sp³-hybridized carbons (Fsp3) is 0.333. The third-order valence-electron chi connectivity index (χ3n) is 5.16. The highest BCUT2D eigenvalue weighted by Gasteiger charge is 2.28. The van der Waals surface area contributed by atoms with Gasteiger partial charge in [-0.05, 0) is 44.7 Å². The number of nitrogens with zero attached hydrogens (tertiary/aromatic N) is 4. The van der Waals surface area contributed by atoms with Gasteiger partial charge in [0.25, 0.3) is 5.88 Å². The van der Waals surface area contributed by atoms with E-state index in [-0.39, 0.29) is 28.6 Å². The Morgan fingerprint density at radius 3 is 2.63 bits per heavy atom. The van der Waals surface area contributed by atoms with Crippen molar-refractivity contribution < 1.29 is 13.2 Å². The van der Waals surface area contributed by atoms with Crippen LogP contribution in [0.3, 0.4) is 0 Å². The molecule has 2 heterocycles. The summed E-state index contributed by atoms with van der Waals surface area (Å²) in [5, 5.41) is 9.89. The van der Waals surface area contributed by atoms with E-state index in [0.717, 1.165) is 11.1 Å². The van der Waals surface area contributed by atoms with Crippen molar-refractivity contribution in [1.29, 1.82) is 5.26 Å². The van der Waals surface area contributed by atoms with E-state index in [2.05, 4.69) is 19.7 Å². The number of nitriles is 1. The van der Waals surface area contributed by atoms with Gasteiger partial charge < -0.3 is 4.74 Å². The van der Waals surface area contributed by atoms with Gasteiger partial charge in [-0.15, -0.1) is 0 Å². The number of ether oxygens (including phenoxy) is 1. The van der Waals surface area contributed by atoms with Crippen LogP contribution >= 0.6 is 0 Å². The first-order chi connectivity index (χ1) is 14.5. The second kappa shape index (κ2) is 8.34. The van der Waals surface area contributed by atoms with Gasteiger partial charge in [-0.1, -0.05) is 18.2 Å². The second-order valence-corrected chi connectivity index (χ2v) is 9.00. The summed E-state index contributed by atoms with van der Waals surface area (Å²) >= 11 is 0.